The minimum atomic E-state index is -4.82. The summed E-state index contributed by atoms with van der Waals surface area (Å²) in [6.45, 7) is 1.82. The topological polar surface area (TPSA) is 55.0 Å². The molecule has 4 nitrogen and oxygen atoms in total. The van der Waals surface area contributed by atoms with Gasteiger partial charge in [0.25, 0.3) is 5.56 Å². The van der Waals surface area contributed by atoms with Gasteiger partial charge in [0.05, 0.1) is 24.9 Å². The van der Waals surface area contributed by atoms with Gasteiger partial charge in [0.1, 0.15) is 17.4 Å². The third-order valence-corrected chi connectivity index (χ3v) is 4.53. The normalized spacial score (nSPS) is 11.2. The predicted molar refractivity (Wildman–Crippen MR) is 103 cm³/mol. The molecule has 2 aromatic carbocycles. The first-order chi connectivity index (χ1) is 13.7. The SMILES string of the molecule is COc1ccc(Cn2c(-c3cccc(C)c3)cc(C(F)(F)F)c(C#N)c2=O)cc1. The zero-order chi connectivity index (χ0) is 21.2. The Morgan fingerprint density at radius 2 is 1.79 bits per heavy atom. The van der Waals surface area contributed by atoms with E-state index in [1.54, 1.807) is 42.5 Å². The molecule has 0 aliphatic carbocycles. The van der Waals surface area contributed by atoms with Crippen LogP contribution in [-0.2, 0) is 12.7 Å². The number of ether oxygens (including phenoxy) is 1. The van der Waals surface area contributed by atoms with Gasteiger partial charge in [-0.05, 0) is 42.3 Å². The van der Waals surface area contributed by atoms with Crippen molar-refractivity contribution in [1.82, 2.24) is 4.57 Å². The van der Waals surface area contributed by atoms with E-state index in [9.17, 15) is 23.2 Å². The summed E-state index contributed by atoms with van der Waals surface area (Å²) in [6.07, 6.45) is -4.82. The highest BCUT2D eigenvalue weighted by molar-refractivity contribution is 5.63. The maximum absolute atomic E-state index is 13.5. The Morgan fingerprint density at radius 3 is 2.34 bits per heavy atom. The number of hydrogen-bond donors (Lipinski definition) is 0. The van der Waals surface area contributed by atoms with Crippen molar-refractivity contribution >= 4 is 0 Å². The second-order valence-corrected chi connectivity index (χ2v) is 6.54. The van der Waals surface area contributed by atoms with E-state index in [0.717, 1.165) is 11.6 Å². The Bertz CT molecular complexity index is 1140. The van der Waals surface area contributed by atoms with Crippen LogP contribution in [0.25, 0.3) is 11.3 Å². The number of alkyl halides is 3. The van der Waals surface area contributed by atoms with Crippen LogP contribution in [-0.4, -0.2) is 11.7 Å². The van der Waals surface area contributed by atoms with Gasteiger partial charge in [-0.3, -0.25) is 4.79 Å². The van der Waals surface area contributed by atoms with Crippen molar-refractivity contribution in [3.8, 4) is 23.1 Å². The number of benzene rings is 2. The van der Waals surface area contributed by atoms with E-state index in [1.807, 2.05) is 13.0 Å². The van der Waals surface area contributed by atoms with Crippen molar-refractivity contribution in [2.75, 3.05) is 7.11 Å². The van der Waals surface area contributed by atoms with Gasteiger partial charge in [-0.2, -0.15) is 18.4 Å². The Morgan fingerprint density at radius 1 is 1.10 bits per heavy atom. The lowest BCUT2D eigenvalue weighted by Gasteiger charge is -2.18. The van der Waals surface area contributed by atoms with E-state index >= 15 is 0 Å². The molecule has 0 saturated carbocycles. The molecule has 1 aromatic heterocycles. The van der Waals surface area contributed by atoms with Gasteiger partial charge < -0.3 is 9.30 Å². The minimum Gasteiger partial charge on any atom is -0.497 e. The molecule has 29 heavy (non-hydrogen) atoms. The van der Waals surface area contributed by atoms with Gasteiger partial charge in [-0.25, -0.2) is 0 Å². The number of aryl methyl sites for hydroxylation is 1. The molecule has 0 radical (unpaired) electrons. The Labute approximate surface area is 165 Å². The monoisotopic (exact) mass is 398 g/mol. The fraction of sp³-hybridized carbons (Fsp3) is 0.182. The molecular formula is C22H17F3N2O2. The smallest absolute Gasteiger partial charge is 0.417 e. The third kappa shape index (κ3) is 4.16. The van der Waals surface area contributed by atoms with E-state index in [1.165, 1.54) is 17.7 Å². The molecule has 3 aromatic rings. The summed E-state index contributed by atoms with van der Waals surface area (Å²) in [5.41, 5.74) is -1.04. The van der Waals surface area contributed by atoms with Crippen molar-refractivity contribution in [3.63, 3.8) is 0 Å². The lowest BCUT2D eigenvalue weighted by molar-refractivity contribution is -0.137. The van der Waals surface area contributed by atoms with Gasteiger partial charge in [-0.15, -0.1) is 0 Å². The number of pyridine rings is 1. The molecular weight excluding hydrogens is 381 g/mol. The van der Waals surface area contributed by atoms with Crippen LogP contribution in [0.15, 0.2) is 59.4 Å². The zero-order valence-corrected chi connectivity index (χ0v) is 15.7. The lowest BCUT2D eigenvalue weighted by Crippen LogP contribution is -2.28. The van der Waals surface area contributed by atoms with Crippen molar-refractivity contribution in [1.29, 1.82) is 5.26 Å². The molecule has 148 valence electrons. The fourth-order valence-electron chi connectivity index (χ4n) is 3.09. The molecule has 0 bridgehead atoms. The summed E-state index contributed by atoms with van der Waals surface area (Å²) in [7, 11) is 1.52. The number of hydrogen-bond acceptors (Lipinski definition) is 3. The zero-order valence-electron chi connectivity index (χ0n) is 15.7. The van der Waals surface area contributed by atoms with Crippen LogP contribution >= 0.6 is 0 Å². The summed E-state index contributed by atoms with van der Waals surface area (Å²) in [4.78, 5) is 12.9. The second-order valence-electron chi connectivity index (χ2n) is 6.54. The van der Waals surface area contributed by atoms with Crippen LogP contribution < -0.4 is 10.3 Å². The summed E-state index contributed by atoms with van der Waals surface area (Å²) < 4.78 is 46.9. The fourth-order valence-corrected chi connectivity index (χ4v) is 3.09. The molecule has 0 aliphatic rings. The maximum atomic E-state index is 13.5. The van der Waals surface area contributed by atoms with Crippen molar-refractivity contribution in [3.05, 3.63) is 87.2 Å². The number of aromatic nitrogens is 1. The van der Waals surface area contributed by atoms with Crippen molar-refractivity contribution in [2.45, 2.75) is 19.6 Å². The largest absolute Gasteiger partial charge is 0.497 e. The van der Waals surface area contributed by atoms with Gasteiger partial charge in [0.2, 0.25) is 0 Å². The molecule has 0 saturated heterocycles. The summed E-state index contributed by atoms with van der Waals surface area (Å²) in [5, 5.41) is 9.25. The average Bonchev–Trinajstić information content (AvgIpc) is 2.69. The summed E-state index contributed by atoms with van der Waals surface area (Å²) >= 11 is 0. The number of halogens is 3. The molecule has 0 atom stereocenters. The molecule has 0 fully saturated rings. The molecule has 0 aliphatic heterocycles. The summed E-state index contributed by atoms with van der Waals surface area (Å²) in [5.74, 6) is 0.616. The van der Waals surface area contributed by atoms with E-state index in [4.69, 9.17) is 4.74 Å². The quantitative estimate of drug-likeness (QED) is 0.636. The van der Waals surface area contributed by atoms with Crippen LogP contribution in [0.3, 0.4) is 0 Å². The molecule has 0 unspecified atom stereocenters. The van der Waals surface area contributed by atoms with E-state index < -0.39 is 22.9 Å². The lowest BCUT2D eigenvalue weighted by atomic mass is 10.0. The van der Waals surface area contributed by atoms with Crippen LogP contribution in [0.4, 0.5) is 13.2 Å². The highest BCUT2D eigenvalue weighted by Gasteiger charge is 2.36. The number of rotatable bonds is 4. The van der Waals surface area contributed by atoms with Crippen LogP contribution in [0, 0.1) is 18.3 Å². The molecule has 0 amide bonds. The first-order valence-electron chi connectivity index (χ1n) is 8.69. The molecule has 1 heterocycles. The molecule has 3 rings (SSSR count). The average molecular weight is 398 g/mol. The van der Waals surface area contributed by atoms with Gasteiger partial charge in [0, 0.05) is 0 Å². The number of nitriles is 1. The van der Waals surface area contributed by atoms with E-state index in [0.29, 0.717) is 16.9 Å². The third-order valence-electron chi connectivity index (χ3n) is 4.53. The van der Waals surface area contributed by atoms with Gasteiger partial charge in [-0.1, -0.05) is 35.9 Å². The Kier molecular flexibility index (Phi) is 5.46. The van der Waals surface area contributed by atoms with Crippen LogP contribution in [0.5, 0.6) is 5.75 Å². The first-order valence-corrected chi connectivity index (χ1v) is 8.69. The molecule has 0 N–H and O–H groups in total. The highest BCUT2D eigenvalue weighted by atomic mass is 19.4. The summed E-state index contributed by atoms with van der Waals surface area (Å²) in [6, 6.07) is 16.0. The highest BCUT2D eigenvalue weighted by Crippen LogP contribution is 2.34. The predicted octanol–water partition coefficient (Wildman–Crippen LogP) is 4.77. The van der Waals surface area contributed by atoms with E-state index in [2.05, 4.69) is 0 Å². The van der Waals surface area contributed by atoms with E-state index in [-0.39, 0.29) is 12.2 Å². The van der Waals surface area contributed by atoms with Gasteiger partial charge >= 0.3 is 6.18 Å². The van der Waals surface area contributed by atoms with Gasteiger partial charge in [0.15, 0.2) is 0 Å². The van der Waals surface area contributed by atoms with Crippen molar-refractivity contribution in [2.24, 2.45) is 0 Å². The standard InChI is InChI=1S/C22H17F3N2O2/c1-14-4-3-5-16(10-14)20-11-19(22(23,24)25)18(12-26)21(28)27(20)13-15-6-8-17(29-2)9-7-15/h3-11H,13H2,1-2H3. The van der Waals surface area contributed by atoms with Crippen LogP contribution in [0.1, 0.15) is 22.3 Å². The maximum Gasteiger partial charge on any atom is 0.417 e. The Hall–Kier alpha value is -3.53. The molecule has 0 spiro atoms. The van der Waals surface area contributed by atoms with Crippen molar-refractivity contribution < 1.29 is 17.9 Å². The first kappa shape index (κ1) is 20.2. The molecule has 7 heteroatoms. The number of methoxy groups -OCH3 is 1. The minimum absolute atomic E-state index is 0.0128. The Balaban J connectivity index is 2.27. The second kappa shape index (κ2) is 7.84. The van der Waals surface area contributed by atoms with Crippen LogP contribution in [0.2, 0.25) is 0 Å². The number of nitrogens with zero attached hydrogens (tertiary/aromatic N) is 2.